The summed E-state index contributed by atoms with van der Waals surface area (Å²) in [6.45, 7) is 7.87. The van der Waals surface area contributed by atoms with E-state index < -0.39 is 0 Å². The summed E-state index contributed by atoms with van der Waals surface area (Å²) < 4.78 is 0. The van der Waals surface area contributed by atoms with Crippen molar-refractivity contribution in [3.8, 4) is 0 Å². The van der Waals surface area contributed by atoms with Crippen LogP contribution in [-0.4, -0.2) is 61.5 Å². The molecule has 1 N–H and O–H groups in total. The Morgan fingerprint density at radius 3 is 2.63 bits per heavy atom. The maximum atomic E-state index is 12.2. The van der Waals surface area contributed by atoms with Crippen LogP contribution in [0.1, 0.15) is 39.0 Å². The number of piperidine rings is 1. The van der Waals surface area contributed by atoms with E-state index in [1.54, 1.807) is 0 Å². The molecule has 2 saturated heterocycles. The van der Waals surface area contributed by atoms with Gasteiger partial charge in [-0.15, -0.1) is 0 Å². The number of hydrogen-bond donors (Lipinski definition) is 1. The second-order valence-corrected chi connectivity index (χ2v) is 6.07. The van der Waals surface area contributed by atoms with E-state index in [1.165, 1.54) is 6.42 Å². The first kappa shape index (κ1) is 14.8. The van der Waals surface area contributed by atoms with E-state index in [0.717, 1.165) is 64.3 Å². The Balaban J connectivity index is 1.69. The predicted octanol–water partition coefficient (Wildman–Crippen LogP) is 1.32. The molecule has 1 unspecified atom stereocenters. The fraction of sp³-hybridized carbons (Fsp3) is 0.933. The summed E-state index contributed by atoms with van der Waals surface area (Å²) in [6, 6.07) is 0.469. The van der Waals surface area contributed by atoms with Gasteiger partial charge in [0.1, 0.15) is 0 Å². The summed E-state index contributed by atoms with van der Waals surface area (Å²) in [5.41, 5.74) is 0. The van der Waals surface area contributed by atoms with Crippen LogP contribution < -0.4 is 5.32 Å². The Morgan fingerprint density at radius 1 is 1.32 bits per heavy atom. The van der Waals surface area contributed by atoms with Crippen LogP contribution in [0.15, 0.2) is 0 Å². The Kier molecular flexibility index (Phi) is 5.64. The van der Waals surface area contributed by atoms with Gasteiger partial charge < -0.3 is 15.1 Å². The third-order valence-electron chi connectivity index (χ3n) is 4.87. The van der Waals surface area contributed by atoms with Gasteiger partial charge in [0.25, 0.3) is 0 Å². The maximum Gasteiger partial charge on any atom is 0.222 e. The zero-order valence-corrected chi connectivity index (χ0v) is 12.5. The number of amides is 1. The minimum absolute atomic E-state index is 0.349. The van der Waals surface area contributed by atoms with Crippen LogP contribution in [0.3, 0.4) is 0 Å². The lowest BCUT2D eigenvalue weighted by molar-refractivity contribution is -0.133. The third-order valence-corrected chi connectivity index (χ3v) is 4.87. The summed E-state index contributed by atoms with van der Waals surface area (Å²) in [4.78, 5) is 16.7. The highest BCUT2D eigenvalue weighted by atomic mass is 16.2. The lowest BCUT2D eigenvalue weighted by Gasteiger charge is -2.36. The standard InChI is InChI=1S/C15H29N3O/c1-3-18-10-7-14(8-11-18)17(2)15(19)5-4-13-6-9-16-12-13/h13-14,16H,3-12H2,1-2H3. The Hall–Kier alpha value is -0.610. The molecular weight excluding hydrogens is 238 g/mol. The number of nitrogens with one attached hydrogen (secondary N) is 1. The van der Waals surface area contributed by atoms with Gasteiger partial charge in [0, 0.05) is 32.6 Å². The predicted molar refractivity (Wildman–Crippen MR) is 78.1 cm³/mol. The first-order chi connectivity index (χ1) is 9.20. The van der Waals surface area contributed by atoms with Crippen molar-refractivity contribution in [2.24, 2.45) is 5.92 Å². The molecule has 1 amide bonds. The number of rotatable bonds is 5. The summed E-state index contributed by atoms with van der Waals surface area (Å²) in [5.74, 6) is 1.07. The van der Waals surface area contributed by atoms with Crippen molar-refractivity contribution in [2.75, 3.05) is 39.8 Å². The van der Waals surface area contributed by atoms with E-state index in [0.29, 0.717) is 11.9 Å². The minimum Gasteiger partial charge on any atom is -0.343 e. The van der Waals surface area contributed by atoms with Crippen molar-refractivity contribution >= 4 is 5.91 Å². The number of carbonyl (C=O) groups is 1. The average molecular weight is 267 g/mol. The van der Waals surface area contributed by atoms with Gasteiger partial charge in [0.05, 0.1) is 0 Å². The van der Waals surface area contributed by atoms with Crippen molar-refractivity contribution in [3.63, 3.8) is 0 Å². The molecule has 1 atom stereocenters. The van der Waals surface area contributed by atoms with Gasteiger partial charge in [-0.1, -0.05) is 6.92 Å². The average Bonchev–Trinajstić information content (AvgIpc) is 2.97. The van der Waals surface area contributed by atoms with Crippen LogP contribution in [0.25, 0.3) is 0 Å². The topological polar surface area (TPSA) is 35.6 Å². The van der Waals surface area contributed by atoms with Crippen LogP contribution in [0.4, 0.5) is 0 Å². The third kappa shape index (κ3) is 4.18. The Morgan fingerprint density at radius 2 is 2.05 bits per heavy atom. The van der Waals surface area contributed by atoms with Crippen molar-refractivity contribution in [2.45, 2.75) is 45.1 Å². The zero-order chi connectivity index (χ0) is 13.7. The summed E-state index contributed by atoms with van der Waals surface area (Å²) in [7, 11) is 2.00. The highest BCUT2D eigenvalue weighted by Crippen LogP contribution is 2.19. The molecule has 110 valence electrons. The van der Waals surface area contributed by atoms with Gasteiger partial charge >= 0.3 is 0 Å². The van der Waals surface area contributed by atoms with E-state index in [-0.39, 0.29) is 0 Å². The molecule has 0 spiro atoms. The Bertz CT molecular complexity index is 281. The molecule has 2 fully saturated rings. The molecule has 0 aromatic carbocycles. The molecule has 2 rings (SSSR count). The van der Waals surface area contributed by atoms with Crippen molar-refractivity contribution in [1.29, 1.82) is 0 Å². The van der Waals surface area contributed by atoms with Crippen LogP contribution >= 0.6 is 0 Å². The van der Waals surface area contributed by atoms with Gasteiger partial charge in [0.2, 0.25) is 5.91 Å². The van der Waals surface area contributed by atoms with Gasteiger partial charge in [0.15, 0.2) is 0 Å². The molecule has 0 bridgehead atoms. The first-order valence-electron chi connectivity index (χ1n) is 7.89. The van der Waals surface area contributed by atoms with Gasteiger partial charge in [-0.2, -0.15) is 0 Å². The lowest BCUT2D eigenvalue weighted by atomic mass is 10.00. The molecule has 4 heteroatoms. The maximum absolute atomic E-state index is 12.2. The van der Waals surface area contributed by atoms with Crippen LogP contribution in [0.5, 0.6) is 0 Å². The second kappa shape index (κ2) is 7.25. The monoisotopic (exact) mass is 267 g/mol. The van der Waals surface area contributed by atoms with Gasteiger partial charge in [-0.05, 0) is 51.2 Å². The van der Waals surface area contributed by atoms with Crippen LogP contribution in [0, 0.1) is 5.92 Å². The highest BCUT2D eigenvalue weighted by Gasteiger charge is 2.25. The fourth-order valence-corrected chi connectivity index (χ4v) is 3.29. The zero-order valence-electron chi connectivity index (χ0n) is 12.5. The SMILES string of the molecule is CCN1CCC(N(C)C(=O)CCC2CCNC2)CC1. The molecule has 2 aliphatic heterocycles. The quantitative estimate of drug-likeness (QED) is 0.816. The highest BCUT2D eigenvalue weighted by molar-refractivity contribution is 5.76. The summed E-state index contributed by atoms with van der Waals surface area (Å²) >= 11 is 0. The number of hydrogen-bond acceptors (Lipinski definition) is 3. The van der Waals surface area contributed by atoms with E-state index in [2.05, 4.69) is 17.1 Å². The molecule has 19 heavy (non-hydrogen) atoms. The smallest absolute Gasteiger partial charge is 0.222 e. The van der Waals surface area contributed by atoms with E-state index in [4.69, 9.17) is 0 Å². The normalized spacial score (nSPS) is 25.7. The summed E-state index contributed by atoms with van der Waals surface area (Å²) in [5, 5.41) is 3.37. The molecular formula is C15H29N3O. The minimum atomic E-state index is 0.349. The Labute approximate surface area is 117 Å². The molecule has 2 heterocycles. The number of likely N-dealkylation sites (tertiary alicyclic amines) is 1. The molecule has 0 aromatic heterocycles. The molecule has 0 aliphatic carbocycles. The lowest BCUT2D eigenvalue weighted by Crippen LogP contribution is -2.45. The van der Waals surface area contributed by atoms with Crippen LogP contribution in [0.2, 0.25) is 0 Å². The van der Waals surface area contributed by atoms with Crippen molar-refractivity contribution in [1.82, 2.24) is 15.1 Å². The second-order valence-electron chi connectivity index (χ2n) is 6.07. The largest absolute Gasteiger partial charge is 0.343 e. The van der Waals surface area contributed by atoms with Gasteiger partial charge in [-0.25, -0.2) is 0 Å². The molecule has 0 radical (unpaired) electrons. The number of nitrogens with zero attached hydrogens (tertiary/aromatic N) is 2. The first-order valence-corrected chi connectivity index (χ1v) is 7.89. The molecule has 2 aliphatic rings. The van der Waals surface area contributed by atoms with E-state index >= 15 is 0 Å². The van der Waals surface area contributed by atoms with E-state index in [1.807, 2.05) is 11.9 Å². The number of carbonyl (C=O) groups excluding carboxylic acids is 1. The van der Waals surface area contributed by atoms with Crippen LogP contribution in [-0.2, 0) is 4.79 Å². The van der Waals surface area contributed by atoms with E-state index in [9.17, 15) is 4.79 Å². The molecule has 0 saturated carbocycles. The van der Waals surface area contributed by atoms with Crippen molar-refractivity contribution in [3.05, 3.63) is 0 Å². The molecule has 4 nitrogen and oxygen atoms in total. The fourth-order valence-electron chi connectivity index (χ4n) is 3.29. The summed E-state index contributed by atoms with van der Waals surface area (Å²) in [6.07, 6.45) is 5.31. The van der Waals surface area contributed by atoms with Crippen molar-refractivity contribution < 1.29 is 4.79 Å². The molecule has 0 aromatic rings. The van der Waals surface area contributed by atoms with Gasteiger partial charge in [-0.3, -0.25) is 4.79 Å².